The Morgan fingerprint density at radius 3 is 2.55 bits per heavy atom. The molecule has 1 saturated carbocycles. The van der Waals surface area contributed by atoms with Crippen LogP contribution in [0.2, 0.25) is 0 Å². The summed E-state index contributed by atoms with van der Waals surface area (Å²) < 4.78 is 28.3. The predicted molar refractivity (Wildman–Crippen MR) is 72.6 cm³/mol. The summed E-state index contributed by atoms with van der Waals surface area (Å²) in [4.78, 5) is 1.53. The van der Waals surface area contributed by atoms with Crippen molar-refractivity contribution in [2.24, 2.45) is 17.4 Å². The molecule has 1 aliphatic carbocycles. The van der Waals surface area contributed by atoms with Crippen molar-refractivity contribution < 1.29 is 8.78 Å². The van der Waals surface area contributed by atoms with Crippen LogP contribution in [0.5, 0.6) is 0 Å². The van der Waals surface area contributed by atoms with Gasteiger partial charge in [0.15, 0.2) is 5.83 Å². The quantitative estimate of drug-likeness (QED) is 0.539. The molecule has 20 heavy (non-hydrogen) atoms. The molecule has 0 amide bonds. The predicted octanol–water partition coefficient (Wildman–Crippen LogP) is 0.0999. The molecule has 0 radical (unpaired) electrons. The second kappa shape index (κ2) is 4.82. The van der Waals surface area contributed by atoms with Gasteiger partial charge in [-0.3, -0.25) is 10.6 Å². The highest BCUT2D eigenvalue weighted by atomic mass is 19.1. The van der Waals surface area contributed by atoms with E-state index in [0.29, 0.717) is 6.04 Å². The Morgan fingerprint density at radius 2 is 2.05 bits per heavy atom. The third kappa shape index (κ3) is 2.49. The molecular formula is C13H23F2N5. The number of halogens is 2. The van der Waals surface area contributed by atoms with E-state index in [0.717, 1.165) is 19.3 Å². The van der Waals surface area contributed by atoms with E-state index in [9.17, 15) is 8.78 Å². The maximum atomic E-state index is 14.2. The van der Waals surface area contributed by atoms with E-state index in [2.05, 4.69) is 10.6 Å². The standard InChI is InChI=1S/C13H23F2N5/c1-7-4-9(18-7)19-11(16)10(14)12(17)20-5-13(15,6-20)8-2-3-8/h7-9,11,18-19H,2-6,16-17H2,1H3/b12-10-/t7-,9+,11-/m1/s1. The molecule has 3 atom stereocenters. The molecule has 2 heterocycles. The Balaban J connectivity index is 1.53. The lowest BCUT2D eigenvalue weighted by Crippen LogP contribution is -2.63. The van der Waals surface area contributed by atoms with Gasteiger partial charge in [-0.05, 0) is 32.1 Å². The third-order valence-electron chi connectivity index (χ3n) is 4.53. The maximum Gasteiger partial charge on any atom is 0.171 e. The number of hydrogen-bond acceptors (Lipinski definition) is 5. The van der Waals surface area contributed by atoms with Crippen LogP contribution in [-0.4, -0.2) is 42.0 Å². The molecule has 0 bridgehead atoms. The average molecular weight is 287 g/mol. The number of nitrogens with zero attached hydrogens (tertiary/aromatic N) is 1. The summed E-state index contributed by atoms with van der Waals surface area (Å²) in [6.07, 6.45) is 1.84. The van der Waals surface area contributed by atoms with Crippen molar-refractivity contribution in [3.63, 3.8) is 0 Å². The molecule has 3 aliphatic rings. The highest BCUT2D eigenvalue weighted by molar-refractivity contribution is 5.17. The molecule has 114 valence electrons. The normalized spacial score (nSPS) is 34.9. The van der Waals surface area contributed by atoms with Gasteiger partial charge in [0.2, 0.25) is 0 Å². The number of nitrogens with two attached hydrogens (primary N) is 2. The first-order chi connectivity index (χ1) is 9.39. The van der Waals surface area contributed by atoms with E-state index in [1.54, 1.807) is 0 Å². The lowest BCUT2D eigenvalue weighted by Gasteiger charge is -2.46. The molecule has 0 aromatic heterocycles. The summed E-state index contributed by atoms with van der Waals surface area (Å²) in [5, 5.41) is 6.09. The molecule has 6 N–H and O–H groups in total. The van der Waals surface area contributed by atoms with Crippen molar-refractivity contribution in [3.8, 4) is 0 Å². The number of hydrogen-bond donors (Lipinski definition) is 4. The van der Waals surface area contributed by atoms with E-state index in [1.807, 2.05) is 6.92 Å². The zero-order valence-corrected chi connectivity index (χ0v) is 11.7. The van der Waals surface area contributed by atoms with Gasteiger partial charge in [0, 0.05) is 6.04 Å². The van der Waals surface area contributed by atoms with Gasteiger partial charge in [-0.1, -0.05) is 0 Å². The van der Waals surface area contributed by atoms with E-state index in [1.165, 1.54) is 4.90 Å². The molecule has 7 heteroatoms. The minimum atomic E-state index is -1.17. The van der Waals surface area contributed by atoms with Gasteiger partial charge in [0.1, 0.15) is 17.7 Å². The van der Waals surface area contributed by atoms with Crippen LogP contribution in [0.1, 0.15) is 26.2 Å². The molecule has 2 saturated heterocycles. The van der Waals surface area contributed by atoms with Crippen LogP contribution in [0.4, 0.5) is 8.78 Å². The van der Waals surface area contributed by atoms with Crippen molar-refractivity contribution in [2.45, 2.75) is 50.2 Å². The monoisotopic (exact) mass is 287 g/mol. The topological polar surface area (TPSA) is 79.3 Å². The van der Waals surface area contributed by atoms with Gasteiger partial charge in [0.25, 0.3) is 0 Å². The first kappa shape index (κ1) is 14.0. The smallest absolute Gasteiger partial charge is 0.171 e. The Bertz CT molecular complexity index is 411. The van der Waals surface area contributed by atoms with Crippen LogP contribution >= 0.6 is 0 Å². The Labute approximate surface area is 117 Å². The maximum absolute atomic E-state index is 14.2. The van der Waals surface area contributed by atoms with Crippen molar-refractivity contribution in [2.75, 3.05) is 13.1 Å². The van der Waals surface area contributed by atoms with E-state index < -0.39 is 17.7 Å². The number of likely N-dealkylation sites (tertiary alicyclic amines) is 1. The van der Waals surface area contributed by atoms with Crippen molar-refractivity contribution >= 4 is 0 Å². The Kier molecular flexibility index (Phi) is 3.38. The second-order valence-corrected chi connectivity index (χ2v) is 6.40. The number of rotatable bonds is 5. The fourth-order valence-corrected chi connectivity index (χ4v) is 3.01. The van der Waals surface area contributed by atoms with Gasteiger partial charge in [-0.15, -0.1) is 0 Å². The van der Waals surface area contributed by atoms with Crippen molar-refractivity contribution in [1.29, 1.82) is 0 Å². The fourth-order valence-electron chi connectivity index (χ4n) is 3.01. The highest BCUT2D eigenvalue weighted by Gasteiger charge is 2.54. The third-order valence-corrected chi connectivity index (χ3v) is 4.53. The summed E-state index contributed by atoms with van der Waals surface area (Å²) in [6, 6.07) is 0.421. The minimum absolute atomic E-state index is 0.0154. The van der Waals surface area contributed by atoms with Crippen molar-refractivity contribution in [3.05, 3.63) is 11.6 Å². The zero-order chi connectivity index (χ0) is 14.5. The van der Waals surface area contributed by atoms with Crippen LogP contribution < -0.4 is 22.1 Å². The largest absolute Gasteiger partial charge is 0.383 e. The molecule has 0 spiro atoms. The average Bonchev–Trinajstić information content (AvgIpc) is 3.15. The van der Waals surface area contributed by atoms with Crippen LogP contribution in [0, 0.1) is 5.92 Å². The molecule has 2 aliphatic heterocycles. The number of nitrogens with one attached hydrogen (secondary N) is 2. The summed E-state index contributed by atoms with van der Waals surface area (Å²) in [5.74, 6) is -0.502. The van der Waals surface area contributed by atoms with Crippen LogP contribution in [-0.2, 0) is 0 Å². The van der Waals surface area contributed by atoms with Gasteiger partial charge in [-0.2, -0.15) is 0 Å². The summed E-state index contributed by atoms with van der Waals surface area (Å²) in [6.45, 7) is 2.41. The SMILES string of the molecule is C[C@@H]1C[C@H](N[C@@H](N)/C(F)=C(\N)N2CC(F)(C3CC3)C2)N1. The van der Waals surface area contributed by atoms with Crippen molar-refractivity contribution in [1.82, 2.24) is 15.5 Å². The second-order valence-electron chi connectivity index (χ2n) is 6.40. The van der Waals surface area contributed by atoms with Gasteiger partial charge >= 0.3 is 0 Å². The van der Waals surface area contributed by atoms with Gasteiger partial charge in [-0.25, -0.2) is 8.78 Å². The van der Waals surface area contributed by atoms with E-state index in [-0.39, 0.29) is 31.0 Å². The Hall–Kier alpha value is -0.920. The zero-order valence-electron chi connectivity index (χ0n) is 11.7. The molecule has 0 aromatic carbocycles. The minimum Gasteiger partial charge on any atom is -0.383 e. The summed E-state index contributed by atoms with van der Waals surface area (Å²) in [5.41, 5.74) is 10.3. The first-order valence-corrected chi connectivity index (χ1v) is 7.26. The molecule has 3 fully saturated rings. The lowest BCUT2D eigenvalue weighted by molar-refractivity contribution is -0.0307. The summed E-state index contributed by atoms with van der Waals surface area (Å²) in [7, 11) is 0. The molecule has 0 unspecified atom stereocenters. The molecular weight excluding hydrogens is 264 g/mol. The van der Waals surface area contributed by atoms with E-state index in [4.69, 9.17) is 11.5 Å². The van der Waals surface area contributed by atoms with Crippen LogP contribution in [0.25, 0.3) is 0 Å². The lowest BCUT2D eigenvalue weighted by atomic mass is 9.91. The first-order valence-electron chi connectivity index (χ1n) is 7.26. The van der Waals surface area contributed by atoms with Crippen LogP contribution in [0.3, 0.4) is 0 Å². The highest BCUT2D eigenvalue weighted by Crippen LogP contribution is 2.47. The van der Waals surface area contributed by atoms with Crippen LogP contribution in [0.15, 0.2) is 11.6 Å². The Morgan fingerprint density at radius 1 is 1.45 bits per heavy atom. The van der Waals surface area contributed by atoms with Gasteiger partial charge < -0.3 is 16.4 Å². The summed E-state index contributed by atoms with van der Waals surface area (Å²) >= 11 is 0. The van der Waals surface area contributed by atoms with E-state index >= 15 is 0 Å². The number of alkyl halides is 1. The fraction of sp³-hybridized carbons (Fsp3) is 0.846. The van der Waals surface area contributed by atoms with Gasteiger partial charge in [0.05, 0.1) is 19.3 Å². The molecule has 3 rings (SSSR count). The molecule has 0 aromatic rings. The molecule has 5 nitrogen and oxygen atoms in total.